The van der Waals surface area contributed by atoms with E-state index in [-0.39, 0.29) is 11.2 Å². The maximum absolute atomic E-state index is 13.5. The summed E-state index contributed by atoms with van der Waals surface area (Å²) in [5.41, 5.74) is 5.63. The van der Waals surface area contributed by atoms with E-state index in [0.29, 0.717) is 0 Å². The van der Waals surface area contributed by atoms with Crippen LogP contribution in [0.5, 0.6) is 5.88 Å². The van der Waals surface area contributed by atoms with E-state index in [4.69, 9.17) is 10.3 Å². The van der Waals surface area contributed by atoms with Gasteiger partial charge < -0.3 is 20.1 Å². The molecule has 3 heterocycles. The third kappa shape index (κ3) is 2.51. The number of azide groups is 1. The molecule has 2 aromatic heterocycles. The minimum Gasteiger partial charge on any atom is -0.492 e. The predicted molar refractivity (Wildman–Crippen MR) is 71.6 cm³/mol. The normalized spacial score (nSPS) is 29.7. The van der Waals surface area contributed by atoms with Gasteiger partial charge >= 0.3 is 6.18 Å². The van der Waals surface area contributed by atoms with Crippen molar-refractivity contribution in [3.63, 3.8) is 0 Å². The van der Waals surface area contributed by atoms with Crippen molar-refractivity contribution in [2.45, 2.75) is 24.2 Å². The van der Waals surface area contributed by atoms with E-state index in [1.54, 1.807) is 0 Å². The fraction of sp³-hybridized carbons (Fsp3) is 0.545. The van der Waals surface area contributed by atoms with Gasteiger partial charge in [-0.2, -0.15) is 18.2 Å². The number of alkyl halides is 3. The molecule has 4 atom stereocenters. The molecule has 0 aromatic carbocycles. The third-order valence-electron chi connectivity index (χ3n) is 3.87. The SMILES string of the molecule is [N-]=[N+]=N[C@]1(CO)O[C@@H](n2cnc3c(O)ncnc32)[C@@H](C(F)(F)F)[C@@H]1O. The number of aromatic nitrogens is 4. The van der Waals surface area contributed by atoms with Crippen LogP contribution in [-0.2, 0) is 4.74 Å². The number of nitrogens with zero attached hydrogens (tertiary/aromatic N) is 7. The Kier molecular flexibility index (Phi) is 3.91. The molecule has 0 aliphatic carbocycles. The van der Waals surface area contributed by atoms with Gasteiger partial charge in [-0.05, 0) is 5.53 Å². The van der Waals surface area contributed by atoms with Crippen LogP contribution >= 0.6 is 0 Å². The number of aliphatic hydroxyl groups is 2. The second kappa shape index (κ2) is 5.70. The lowest BCUT2D eigenvalue weighted by Gasteiger charge is -2.25. The first-order valence-electron chi connectivity index (χ1n) is 6.71. The fourth-order valence-corrected chi connectivity index (χ4v) is 2.71. The van der Waals surface area contributed by atoms with Gasteiger partial charge in [-0.1, -0.05) is 5.11 Å². The van der Waals surface area contributed by atoms with Crippen molar-refractivity contribution in [2.24, 2.45) is 11.0 Å². The highest BCUT2D eigenvalue weighted by Gasteiger charge is 2.64. The van der Waals surface area contributed by atoms with Crippen molar-refractivity contribution in [1.82, 2.24) is 19.5 Å². The molecule has 0 saturated carbocycles. The molecule has 3 rings (SSSR count). The molecular formula is C11H10F3N7O4. The molecule has 2 aromatic rings. The molecule has 0 spiro atoms. The maximum Gasteiger partial charge on any atom is 0.398 e. The first-order chi connectivity index (χ1) is 11.7. The maximum atomic E-state index is 13.5. The quantitative estimate of drug-likeness (QED) is 0.409. The summed E-state index contributed by atoms with van der Waals surface area (Å²) in [7, 11) is 0. The second-order valence-electron chi connectivity index (χ2n) is 5.23. The number of halogens is 3. The molecule has 11 nitrogen and oxygen atoms in total. The highest BCUT2D eigenvalue weighted by molar-refractivity contribution is 5.75. The van der Waals surface area contributed by atoms with Crippen molar-refractivity contribution >= 4 is 11.2 Å². The zero-order chi connectivity index (χ0) is 18.4. The molecular weight excluding hydrogens is 351 g/mol. The fourth-order valence-electron chi connectivity index (χ4n) is 2.71. The van der Waals surface area contributed by atoms with Crippen LogP contribution in [0, 0.1) is 5.92 Å². The average Bonchev–Trinajstić information content (AvgIpc) is 3.08. The standard InChI is InChI=1S/C11H10F3N7O4/c12-11(13,14)4-6(23)10(1-22,19-20-15)25-9(4)21-3-18-5-7(21)16-2-17-8(5)24/h2-4,6,9,22-23H,1H2,(H,16,17,24)/t4-,6-,9+,10+/m0/s1. The molecule has 0 bridgehead atoms. The van der Waals surface area contributed by atoms with Gasteiger partial charge in [0.1, 0.15) is 18.3 Å². The second-order valence-corrected chi connectivity index (χ2v) is 5.23. The zero-order valence-corrected chi connectivity index (χ0v) is 12.1. The van der Waals surface area contributed by atoms with Gasteiger partial charge in [0.05, 0.1) is 12.9 Å². The topological polar surface area (TPSA) is 162 Å². The molecule has 1 aliphatic heterocycles. The average molecular weight is 361 g/mol. The molecule has 1 saturated heterocycles. The monoisotopic (exact) mass is 361 g/mol. The minimum atomic E-state index is -4.97. The largest absolute Gasteiger partial charge is 0.492 e. The van der Waals surface area contributed by atoms with E-state index >= 15 is 0 Å². The molecule has 134 valence electrons. The Morgan fingerprint density at radius 1 is 1.40 bits per heavy atom. The van der Waals surface area contributed by atoms with Gasteiger partial charge in [-0.25, -0.2) is 9.97 Å². The van der Waals surface area contributed by atoms with Crippen LogP contribution in [0.15, 0.2) is 17.8 Å². The van der Waals surface area contributed by atoms with Gasteiger partial charge in [0.2, 0.25) is 5.88 Å². The van der Waals surface area contributed by atoms with Crippen molar-refractivity contribution in [1.29, 1.82) is 0 Å². The number of imidazole rings is 1. The number of hydrogen-bond acceptors (Lipinski definition) is 8. The van der Waals surface area contributed by atoms with Crippen molar-refractivity contribution in [3.8, 4) is 5.88 Å². The molecule has 25 heavy (non-hydrogen) atoms. The Bertz CT molecular complexity index is 852. The molecule has 0 unspecified atom stereocenters. The van der Waals surface area contributed by atoms with Crippen LogP contribution in [0.25, 0.3) is 21.6 Å². The highest BCUT2D eigenvalue weighted by Crippen LogP contribution is 2.50. The molecule has 0 amide bonds. The zero-order valence-electron chi connectivity index (χ0n) is 12.1. The lowest BCUT2D eigenvalue weighted by atomic mass is 9.95. The van der Waals surface area contributed by atoms with Crippen LogP contribution in [0.2, 0.25) is 0 Å². The summed E-state index contributed by atoms with van der Waals surface area (Å²) in [5, 5.41) is 32.1. The molecule has 1 aliphatic rings. The smallest absolute Gasteiger partial charge is 0.398 e. The van der Waals surface area contributed by atoms with Crippen LogP contribution < -0.4 is 0 Å². The minimum absolute atomic E-state index is 0.188. The van der Waals surface area contributed by atoms with E-state index in [2.05, 4.69) is 25.0 Å². The summed E-state index contributed by atoms with van der Waals surface area (Å²) in [6.45, 7) is -1.19. The highest BCUT2D eigenvalue weighted by atomic mass is 19.4. The lowest BCUT2D eigenvalue weighted by molar-refractivity contribution is -0.210. The van der Waals surface area contributed by atoms with E-state index in [1.165, 1.54) is 0 Å². The summed E-state index contributed by atoms with van der Waals surface area (Å²) in [4.78, 5) is 13.3. The number of aromatic hydroxyl groups is 1. The summed E-state index contributed by atoms with van der Waals surface area (Å²) < 4.78 is 46.4. The number of fused-ring (bicyclic) bond motifs is 1. The Labute approximate surface area is 136 Å². The summed E-state index contributed by atoms with van der Waals surface area (Å²) in [6, 6.07) is 0. The van der Waals surface area contributed by atoms with Gasteiger partial charge in [0.25, 0.3) is 0 Å². The number of rotatable bonds is 3. The summed E-state index contributed by atoms with van der Waals surface area (Å²) >= 11 is 0. The summed E-state index contributed by atoms with van der Waals surface area (Å²) in [6.07, 6.45) is -7.51. The van der Waals surface area contributed by atoms with Gasteiger partial charge in [-0.3, -0.25) is 4.57 Å². The summed E-state index contributed by atoms with van der Waals surface area (Å²) in [5.74, 6) is -3.12. The van der Waals surface area contributed by atoms with Crippen LogP contribution in [-0.4, -0.2) is 59.5 Å². The first kappa shape index (κ1) is 17.2. The molecule has 3 N–H and O–H groups in total. The van der Waals surface area contributed by atoms with E-state index in [9.17, 15) is 28.5 Å². The van der Waals surface area contributed by atoms with Gasteiger partial charge in [0.15, 0.2) is 23.1 Å². The van der Waals surface area contributed by atoms with E-state index in [0.717, 1.165) is 17.2 Å². The Balaban J connectivity index is 2.18. The van der Waals surface area contributed by atoms with Crippen molar-refractivity contribution in [3.05, 3.63) is 23.1 Å². The molecule has 1 fully saturated rings. The lowest BCUT2D eigenvalue weighted by Crippen LogP contribution is -2.46. The Morgan fingerprint density at radius 2 is 2.12 bits per heavy atom. The van der Waals surface area contributed by atoms with Crippen LogP contribution in [0.3, 0.4) is 0 Å². The molecule has 0 radical (unpaired) electrons. The van der Waals surface area contributed by atoms with Crippen molar-refractivity contribution < 1.29 is 33.2 Å². The number of aliphatic hydroxyl groups excluding tert-OH is 2. The Morgan fingerprint density at radius 3 is 2.72 bits per heavy atom. The van der Waals surface area contributed by atoms with Gasteiger partial charge in [0, 0.05) is 4.91 Å². The van der Waals surface area contributed by atoms with E-state index < -0.39 is 42.6 Å². The van der Waals surface area contributed by atoms with Crippen LogP contribution in [0.1, 0.15) is 6.23 Å². The number of ether oxygens (including phenoxy) is 1. The third-order valence-corrected chi connectivity index (χ3v) is 3.87. The number of hydrogen-bond donors (Lipinski definition) is 3. The van der Waals surface area contributed by atoms with E-state index in [1.807, 2.05) is 0 Å². The van der Waals surface area contributed by atoms with Crippen LogP contribution in [0.4, 0.5) is 13.2 Å². The predicted octanol–water partition coefficient (Wildman–Crippen LogP) is 0.599. The Hall–Kier alpha value is -2.67. The van der Waals surface area contributed by atoms with Gasteiger partial charge in [-0.15, -0.1) is 0 Å². The molecule has 14 heteroatoms. The first-order valence-corrected chi connectivity index (χ1v) is 6.71. The van der Waals surface area contributed by atoms with Crippen molar-refractivity contribution in [2.75, 3.05) is 6.61 Å².